The topological polar surface area (TPSA) is 74.3 Å². The Morgan fingerprint density at radius 2 is 1.96 bits per heavy atom. The molecular weight excluding hydrogens is 336 g/mol. The van der Waals surface area contributed by atoms with Gasteiger partial charge in [-0.3, -0.25) is 9.59 Å². The average molecular weight is 365 g/mol. The number of likely N-dealkylation sites (N-methyl/N-ethyl adjacent to an activating group) is 1. The van der Waals surface area contributed by atoms with Crippen molar-refractivity contribution in [3.05, 3.63) is 11.1 Å². The smallest absolute Gasteiger partial charge is 0.231 e. The lowest BCUT2D eigenvalue weighted by atomic mass is 9.96. The number of carbonyl (C=O) groups excluding carboxylic acids is 2. The van der Waals surface area contributed by atoms with Gasteiger partial charge in [-0.25, -0.2) is 4.98 Å². The van der Waals surface area contributed by atoms with Gasteiger partial charge >= 0.3 is 0 Å². The molecule has 138 valence electrons. The summed E-state index contributed by atoms with van der Waals surface area (Å²) in [6, 6.07) is 1.46. The number of nitrogens with zero attached hydrogens (tertiary/aromatic N) is 2. The molecule has 0 radical (unpaired) electrons. The van der Waals surface area contributed by atoms with Crippen LogP contribution in [0.3, 0.4) is 0 Å². The number of fused-ring (bicyclic) bond motifs is 2. The van der Waals surface area contributed by atoms with Gasteiger partial charge in [0.15, 0.2) is 5.13 Å². The predicted molar refractivity (Wildman–Crippen MR) is 99.6 cm³/mol. The predicted octanol–water partition coefficient (Wildman–Crippen LogP) is 2.41. The van der Waals surface area contributed by atoms with Crippen molar-refractivity contribution < 1.29 is 9.59 Å². The van der Waals surface area contributed by atoms with Crippen molar-refractivity contribution in [2.24, 2.45) is 5.41 Å². The SMILES string of the molecule is CN(C(=O)Cc1csc(NC(=O)C(C)(C)C)n1)C1CC2CCC(C1)N2. The van der Waals surface area contributed by atoms with Crippen molar-refractivity contribution in [2.45, 2.75) is 71.0 Å². The Kier molecular flexibility index (Phi) is 5.16. The van der Waals surface area contributed by atoms with Crippen LogP contribution in [0.4, 0.5) is 5.13 Å². The van der Waals surface area contributed by atoms with Crippen LogP contribution in [0.15, 0.2) is 5.38 Å². The summed E-state index contributed by atoms with van der Waals surface area (Å²) < 4.78 is 0. The van der Waals surface area contributed by atoms with Crippen molar-refractivity contribution in [1.82, 2.24) is 15.2 Å². The molecule has 6 nitrogen and oxygen atoms in total. The largest absolute Gasteiger partial charge is 0.342 e. The zero-order chi connectivity index (χ0) is 18.2. The highest BCUT2D eigenvalue weighted by Crippen LogP contribution is 2.29. The quantitative estimate of drug-likeness (QED) is 0.860. The standard InChI is InChI=1S/C18H28N4O2S/c1-18(2,3)16(24)21-17-20-13(10-25-17)9-15(23)22(4)14-7-11-5-6-12(8-14)19-11/h10-12,14,19H,5-9H2,1-4H3,(H,20,21,24). The highest BCUT2D eigenvalue weighted by atomic mass is 32.1. The Morgan fingerprint density at radius 1 is 1.32 bits per heavy atom. The number of amides is 2. The van der Waals surface area contributed by atoms with Crippen LogP contribution in [0.5, 0.6) is 0 Å². The molecule has 0 aliphatic carbocycles. The minimum atomic E-state index is -0.462. The summed E-state index contributed by atoms with van der Waals surface area (Å²) in [5.74, 6) is 0.0346. The third-order valence-electron chi connectivity index (χ3n) is 5.18. The first-order chi connectivity index (χ1) is 11.7. The number of aromatic nitrogens is 1. The van der Waals surface area contributed by atoms with Crippen LogP contribution < -0.4 is 10.6 Å². The molecule has 2 fully saturated rings. The van der Waals surface area contributed by atoms with Crippen LogP contribution in [-0.4, -0.2) is 46.9 Å². The van der Waals surface area contributed by atoms with E-state index in [0.717, 1.165) is 18.5 Å². The minimum absolute atomic E-state index is 0.0676. The molecule has 2 saturated heterocycles. The molecule has 2 aliphatic heterocycles. The number of anilines is 1. The third-order valence-corrected chi connectivity index (χ3v) is 5.98. The maximum Gasteiger partial charge on any atom is 0.231 e. The summed E-state index contributed by atoms with van der Waals surface area (Å²) in [4.78, 5) is 30.9. The minimum Gasteiger partial charge on any atom is -0.342 e. The van der Waals surface area contributed by atoms with Crippen LogP contribution in [0.2, 0.25) is 0 Å². The summed E-state index contributed by atoms with van der Waals surface area (Å²) in [5.41, 5.74) is 0.263. The van der Waals surface area contributed by atoms with Crippen LogP contribution in [0.1, 0.15) is 52.1 Å². The van der Waals surface area contributed by atoms with E-state index in [-0.39, 0.29) is 18.2 Å². The molecule has 2 atom stereocenters. The molecule has 0 saturated carbocycles. The van der Waals surface area contributed by atoms with Gasteiger partial charge in [0, 0.05) is 36.0 Å². The number of piperidine rings is 1. The highest BCUT2D eigenvalue weighted by Gasteiger charge is 2.36. The Bertz CT molecular complexity index is 640. The molecule has 3 rings (SSSR count). The maximum atomic E-state index is 12.6. The molecule has 3 heterocycles. The molecule has 1 aromatic rings. The lowest BCUT2D eigenvalue weighted by molar-refractivity contribution is -0.132. The van der Waals surface area contributed by atoms with Crippen LogP contribution in [-0.2, 0) is 16.0 Å². The van der Waals surface area contributed by atoms with Gasteiger partial charge in [-0.2, -0.15) is 0 Å². The van der Waals surface area contributed by atoms with Crippen LogP contribution >= 0.6 is 11.3 Å². The second kappa shape index (κ2) is 7.03. The van der Waals surface area contributed by atoms with E-state index in [2.05, 4.69) is 15.6 Å². The number of rotatable bonds is 4. The number of carbonyl (C=O) groups is 2. The summed E-state index contributed by atoms with van der Waals surface area (Å²) >= 11 is 1.37. The molecule has 7 heteroatoms. The van der Waals surface area contributed by atoms with Gasteiger partial charge in [-0.1, -0.05) is 20.8 Å². The Morgan fingerprint density at radius 3 is 2.56 bits per heavy atom. The van der Waals surface area contributed by atoms with E-state index >= 15 is 0 Å². The zero-order valence-corrected chi connectivity index (χ0v) is 16.3. The number of hydrogen-bond donors (Lipinski definition) is 2. The van der Waals surface area contributed by atoms with Crippen molar-refractivity contribution in [1.29, 1.82) is 0 Å². The van der Waals surface area contributed by atoms with Crippen LogP contribution in [0.25, 0.3) is 0 Å². The second-order valence-electron chi connectivity index (χ2n) is 8.29. The molecule has 2 bridgehead atoms. The van der Waals surface area contributed by atoms with Crippen molar-refractivity contribution in [3.8, 4) is 0 Å². The van der Waals surface area contributed by atoms with Gasteiger partial charge in [0.2, 0.25) is 11.8 Å². The molecule has 2 aliphatic rings. The summed E-state index contributed by atoms with van der Waals surface area (Å²) in [5, 5.41) is 8.85. The maximum absolute atomic E-state index is 12.6. The normalized spacial score (nSPS) is 25.7. The third kappa shape index (κ3) is 4.39. The molecule has 2 amide bonds. The first kappa shape index (κ1) is 18.3. The molecular formula is C18H28N4O2S. The summed E-state index contributed by atoms with van der Waals surface area (Å²) in [6.07, 6.45) is 4.83. The summed E-state index contributed by atoms with van der Waals surface area (Å²) in [6.45, 7) is 5.59. The van der Waals surface area contributed by atoms with Crippen LogP contribution in [0, 0.1) is 5.41 Å². The summed E-state index contributed by atoms with van der Waals surface area (Å²) in [7, 11) is 1.91. The Hall–Kier alpha value is -1.47. The fourth-order valence-corrected chi connectivity index (χ4v) is 4.26. The van der Waals surface area contributed by atoms with Gasteiger partial charge in [0.05, 0.1) is 12.1 Å². The molecule has 0 aromatic carbocycles. The van der Waals surface area contributed by atoms with Gasteiger partial charge in [-0.05, 0) is 25.7 Å². The molecule has 2 unspecified atom stereocenters. The Labute approximate surface area is 153 Å². The van der Waals surface area contributed by atoms with Gasteiger partial charge in [0.25, 0.3) is 0 Å². The second-order valence-corrected chi connectivity index (χ2v) is 9.15. The van der Waals surface area contributed by atoms with E-state index in [4.69, 9.17) is 0 Å². The first-order valence-electron chi connectivity index (χ1n) is 9.00. The monoisotopic (exact) mass is 364 g/mol. The van der Waals surface area contributed by atoms with Gasteiger partial charge in [0.1, 0.15) is 0 Å². The van der Waals surface area contributed by atoms with E-state index in [0.29, 0.717) is 23.3 Å². The molecule has 0 spiro atoms. The van der Waals surface area contributed by atoms with E-state index < -0.39 is 5.41 Å². The van der Waals surface area contributed by atoms with Gasteiger partial charge in [-0.15, -0.1) is 11.3 Å². The number of nitrogens with one attached hydrogen (secondary N) is 2. The van der Waals surface area contributed by atoms with Gasteiger partial charge < -0.3 is 15.5 Å². The zero-order valence-electron chi connectivity index (χ0n) is 15.5. The number of thiazole rings is 1. The highest BCUT2D eigenvalue weighted by molar-refractivity contribution is 7.13. The molecule has 25 heavy (non-hydrogen) atoms. The Balaban J connectivity index is 1.55. The molecule has 2 N–H and O–H groups in total. The fraction of sp³-hybridized carbons (Fsp3) is 0.722. The lowest BCUT2D eigenvalue weighted by Gasteiger charge is -2.35. The van der Waals surface area contributed by atoms with Crippen molar-refractivity contribution >= 4 is 28.3 Å². The number of hydrogen-bond acceptors (Lipinski definition) is 5. The van der Waals surface area contributed by atoms with Crippen molar-refractivity contribution in [2.75, 3.05) is 12.4 Å². The van der Waals surface area contributed by atoms with E-state index in [9.17, 15) is 9.59 Å². The fourth-order valence-electron chi connectivity index (χ4n) is 3.56. The van der Waals surface area contributed by atoms with E-state index in [1.807, 2.05) is 38.1 Å². The van der Waals surface area contributed by atoms with E-state index in [1.165, 1.54) is 24.2 Å². The van der Waals surface area contributed by atoms with E-state index in [1.54, 1.807) is 0 Å². The molecule has 1 aromatic heterocycles. The first-order valence-corrected chi connectivity index (χ1v) is 9.88. The lowest BCUT2D eigenvalue weighted by Crippen LogP contribution is -2.49. The average Bonchev–Trinajstić information content (AvgIpc) is 3.11. The van der Waals surface area contributed by atoms with Crippen molar-refractivity contribution in [3.63, 3.8) is 0 Å².